The molecule has 0 radical (unpaired) electrons. The first-order valence-electron chi connectivity index (χ1n) is 12.8. The van der Waals surface area contributed by atoms with Gasteiger partial charge in [0.2, 0.25) is 0 Å². The third-order valence-electron chi connectivity index (χ3n) is 6.79. The molecule has 0 bridgehead atoms. The van der Waals surface area contributed by atoms with Crippen molar-refractivity contribution < 1.29 is 31.1 Å². The van der Waals surface area contributed by atoms with Crippen molar-refractivity contribution in [3.05, 3.63) is 100 Å². The standard InChI is InChI=1S/C29H24Cl2F3N3O4S/c30-23-10-8-19(16-24(23)31)18-36-12-14-37(15-13-36)28(38)21-9-11-25(26(17-21)41-29(32,33)34)35-42(39,40)27-7-3-5-20-4-1-2-6-22(20)27/h1-11,16-17,35H,12-15,18H2. The van der Waals surface area contributed by atoms with Gasteiger partial charge in [-0.2, -0.15) is 0 Å². The van der Waals surface area contributed by atoms with Gasteiger partial charge in [-0.25, -0.2) is 8.42 Å². The molecule has 0 spiro atoms. The first-order chi connectivity index (χ1) is 19.9. The van der Waals surface area contributed by atoms with Gasteiger partial charge in [-0.3, -0.25) is 14.4 Å². The van der Waals surface area contributed by atoms with Gasteiger partial charge in [-0.05, 0) is 47.3 Å². The molecule has 1 aliphatic rings. The number of hydrogen-bond donors (Lipinski definition) is 1. The van der Waals surface area contributed by atoms with Crippen molar-refractivity contribution in [3.8, 4) is 5.75 Å². The Balaban J connectivity index is 1.33. The van der Waals surface area contributed by atoms with Crippen LogP contribution < -0.4 is 9.46 Å². The summed E-state index contributed by atoms with van der Waals surface area (Å²) in [5, 5.41) is 1.95. The number of carbonyl (C=O) groups is 1. The number of amides is 1. The maximum Gasteiger partial charge on any atom is 0.573 e. The lowest BCUT2D eigenvalue weighted by Gasteiger charge is -2.35. The van der Waals surface area contributed by atoms with Crippen LogP contribution in [-0.2, 0) is 16.6 Å². The van der Waals surface area contributed by atoms with E-state index in [0.717, 1.165) is 17.7 Å². The molecule has 1 amide bonds. The van der Waals surface area contributed by atoms with Crippen LogP contribution in [-0.4, -0.2) is 56.7 Å². The molecule has 13 heteroatoms. The fraction of sp³-hybridized carbons (Fsp3) is 0.207. The van der Waals surface area contributed by atoms with Crippen LogP contribution in [0.25, 0.3) is 10.8 Å². The van der Waals surface area contributed by atoms with Crippen molar-refractivity contribution in [1.29, 1.82) is 0 Å². The molecular formula is C29H24Cl2F3N3O4S. The summed E-state index contributed by atoms with van der Waals surface area (Å²) in [6, 6.07) is 20.0. The average molecular weight is 638 g/mol. The van der Waals surface area contributed by atoms with E-state index in [1.165, 1.54) is 23.1 Å². The number of carbonyl (C=O) groups excluding carboxylic acids is 1. The van der Waals surface area contributed by atoms with Crippen molar-refractivity contribution in [2.75, 3.05) is 30.9 Å². The molecule has 0 atom stereocenters. The van der Waals surface area contributed by atoms with E-state index in [9.17, 15) is 26.4 Å². The molecule has 5 rings (SSSR count). The molecule has 7 nitrogen and oxygen atoms in total. The van der Waals surface area contributed by atoms with Crippen LogP contribution in [0.3, 0.4) is 0 Å². The minimum absolute atomic E-state index is 0.0692. The average Bonchev–Trinajstić information content (AvgIpc) is 2.95. The van der Waals surface area contributed by atoms with Gasteiger partial charge in [-0.15, -0.1) is 13.2 Å². The number of ether oxygens (including phenoxy) is 1. The van der Waals surface area contributed by atoms with Gasteiger partial charge >= 0.3 is 6.36 Å². The molecule has 0 saturated carbocycles. The summed E-state index contributed by atoms with van der Waals surface area (Å²) in [4.78, 5) is 16.8. The predicted octanol–water partition coefficient (Wildman–Crippen LogP) is 6.80. The van der Waals surface area contributed by atoms with Crippen LogP contribution in [0.1, 0.15) is 15.9 Å². The number of halogens is 5. The highest BCUT2D eigenvalue weighted by Crippen LogP contribution is 2.34. The molecule has 0 unspecified atom stereocenters. The van der Waals surface area contributed by atoms with Crippen molar-refractivity contribution in [2.45, 2.75) is 17.8 Å². The van der Waals surface area contributed by atoms with Crippen LogP contribution >= 0.6 is 23.2 Å². The minimum atomic E-state index is -5.13. The first kappa shape index (κ1) is 30.0. The fourth-order valence-electron chi connectivity index (χ4n) is 4.77. The molecule has 4 aromatic rings. The van der Waals surface area contributed by atoms with Crippen LogP contribution in [0, 0.1) is 0 Å². The summed E-state index contributed by atoms with van der Waals surface area (Å²) in [5.41, 5.74) is 0.434. The van der Waals surface area contributed by atoms with E-state index in [1.54, 1.807) is 42.5 Å². The molecule has 0 aliphatic carbocycles. The summed E-state index contributed by atoms with van der Waals surface area (Å²) in [5.74, 6) is -1.34. The summed E-state index contributed by atoms with van der Waals surface area (Å²) in [7, 11) is -4.32. The molecule has 1 fully saturated rings. The zero-order chi connectivity index (χ0) is 30.1. The number of nitrogens with one attached hydrogen (secondary N) is 1. The maximum atomic E-state index is 13.3. The smallest absolute Gasteiger partial charge is 0.404 e. The molecule has 1 N–H and O–H groups in total. The number of piperazine rings is 1. The van der Waals surface area contributed by atoms with Crippen LogP contribution in [0.2, 0.25) is 10.0 Å². The second kappa shape index (κ2) is 12.0. The molecule has 220 valence electrons. The highest BCUT2D eigenvalue weighted by atomic mass is 35.5. The maximum absolute atomic E-state index is 13.3. The van der Waals surface area contributed by atoms with Crippen molar-refractivity contribution in [2.24, 2.45) is 0 Å². The first-order valence-corrected chi connectivity index (χ1v) is 15.0. The summed E-state index contributed by atoms with van der Waals surface area (Å²) in [6.07, 6.45) is -5.13. The van der Waals surface area contributed by atoms with Crippen molar-refractivity contribution >= 4 is 55.6 Å². The summed E-state index contributed by atoms with van der Waals surface area (Å²) in [6.45, 7) is 2.33. The Labute approximate surface area is 250 Å². The zero-order valence-electron chi connectivity index (χ0n) is 21.9. The highest BCUT2D eigenvalue weighted by Gasteiger charge is 2.34. The van der Waals surface area contributed by atoms with Crippen molar-refractivity contribution in [1.82, 2.24) is 9.80 Å². The van der Waals surface area contributed by atoms with E-state index >= 15 is 0 Å². The number of nitrogens with zero attached hydrogens (tertiary/aromatic N) is 2. The Kier molecular flexibility index (Phi) is 8.56. The van der Waals surface area contributed by atoms with Crippen LogP contribution in [0.4, 0.5) is 18.9 Å². The van der Waals surface area contributed by atoms with Gasteiger partial charge in [0, 0.05) is 43.7 Å². The Bertz CT molecular complexity index is 1740. The Morgan fingerprint density at radius 1 is 0.881 bits per heavy atom. The Morgan fingerprint density at radius 2 is 1.60 bits per heavy atom. The van der Waals surface area contributed by atoms with Gasteiger partial charge in [0.25, 0.3) is 15.9 Å². The van der Waals surface area contributed by atoms with E-state index in [4.69, 9.17) is 23.2 Å². The Morgan fingerprint density at radius 3 is 2.31 bits per heavy atom. The lowest BCUT2D eigenvalue weighted by molar-refractivity contribution is -0.274. The molecular weight excluding hydrogens is 614 g/mol. The molecule has 1 saturated heterocycles. The number of anilines is 1. The minimum Gasteiger partial charge on any atom is -0.404 e. The second-order valence-electron chi connectivity index (χ2n) is 9.66. The number of rotatable bonds is 7. The number of fused-ring (bicyclic) bond motifs is 1. The molecule has 42 heavy (non-hydrogen) atoms. The Hall–Kier alpha value is -3.51. The van der Waals surface area contributed by atoms with E-state index < -0.39 is 33.7 Å². The second-order valence-corrected chi connectivity index (χ2v) is 12.1. The van der Waals surface area contributed by atoms with E-state index in [-0.39, 0.29) is 10.5 Å². The lowest BCUT2D eigenvalue weighted by Crippen LogP contribution is -2.48. The third kappa shape index (κ3) is 6.92. The highest BCUT2D eigenvalue weighted by molar-refractivity contribution is 7.93. The molecule has 0 aromatic heterocycles. The monoisotopic (exact) mass is 637 g/mol. The third-order valence-corrected chi connectivity index (χ3v) is 8.95. The number of sulfonamides is 1. The van der Waals surface area contributed by atoms with E-state index in [1.807, 2.05) is 6.07 Å². The quantitative estimate of drug-likeness (QED) is 0.241. The van der Waals surface area contributed by atoms with Gasteiger partial charge in [0.1, 0.15) is 0 Å². The fourth-order valence-corrected chi connectivity index (χ4v) is 6.39. The van der Waals surface area contributed by atoms with Gasteiger partial charge in [0.05, 0.1) is 20.6 Å². The normalized spacial score (nSPS) is 14.6. The molecule has 4 aromatic carbocycles. The lowest BCUT2D eigenvalue weighted by atomic mass is 10.1. The summed E-state index contributed by atoms with van der Waals surface area (Å²) >= 11 is 12.1. The number of alkyl halides is 3. The van der Waals surface area contributed by atoms with Gasteiger partial charge in [0.15, 0.2) is 5.75 Å². The summed E-state index contributed by atoms with van der Waals surface area (Å²) < 4.78 is 72.8. The topological polar surface area (TPSA) is 78.9 Å². The van der Waals surface area contributed by atoms with Crippen LogP contribution in [0.5, 0.6) is 5.75 Å². The van der Waals surface area contributed by atoms with Crippen LogP contribution in [0.15, 0.2) is 83.8 Å². The van der Waals surface area contributed by atoms with Gasteiger partial charge in [-0.1, -0.05) is 65.7 Å². The molecule has 1 aliphatic heterocycles. The molecule has 1 heterocycles. The number of hydrogen-bond acceptors (Lipinski definition) is 5. The zero-order valence-corrected chi connectivity index (χ0v) is 24.2. The SMILES string of the molecule is O=C(c1ccc(NS(=O)(=O)c2cccc3ccccc23)c(OC(F)(F)F)c1)N1CCN(Cc2ccc(Cl)c(Cl)c2)CC1. The van der Waals surface area contributed by atoms with E-state index in [0.29, 0.717) is 53.5 Å². The van der Waals surface area contributed by atoms with Gasteiger partial charge < -0.3 is 9.64 Å². The predicted molar refractivity (Wildman–Crippen MR) is 156 cm³/mol. The largest absolute Gasteiger partial charge is 0.573 e. The van der Waals surface area contributed by atoms with Crippen molar-refractivity contribution in [3.63, 3.8) is 0 Å². The number of benzene rings is 4. The van der Waals surface area contributed by atoms with E-state index in [2.05, 4.69) is 14.4 Å².